The van der Waals surface area contributed by atoms with Crippen LogP contribution in [-0.2, 0) is 19.1 Å². The maximum absolute atomic E-state index is 10.7. The van der Waals surface area contributed by atoms with E-state index >= 15 is 0 Å². The number of aliphatic hydroxyl groups is 2. The molecule has 2 N–H and O–H groups in total. The molecule has 13 heavy (non-hydrogen) atoms. The van der Waals surface area contributed by atoms with Crippen molar-refractivity contribution >= 4 is 11.9 Å². The van der Waals surface area contributed by atoms with Gasteiger partial charge in [0.1, 0.15) is 6.42 Å². The molecule has 0 aromatic heterocycles. The van der Waals surface area contributed by atoms with Gasteiger partial charge in [-0.15, -0.1) is 0 Å². The van der Waals surface area contributed by atoms with Crippen LogP contribution in [0.2, 0.25) is 0 Å². The van der Waals surface area contributed by atoms with Crippen molar-refractivity contribution < 1.29 is 29.3 Å². The topological polar surface area (TPSA) is 93.1 Å². The molecule has 6 heteroatoms. The average molecular weight is 192 g/mol. The van der Waals surface area contributed by atoms with Gasteiger partial charge in [0.2, 0.25) is 0 Å². The lowest BCUT2D eigenvalue weighted by Gasteiger charge is -2.08. The second kappa shape index (κ2) is 5.50. The lowest BCUT2D eigenvalue weighted by molar-refractivity contribution is -0.176. The highest BCUT2D eigenvalue weighted by atomic mass is 16.6. The summed E-state index contributed by atoms with van der Waals surface area (Å²) in [5, 5.41) is 17.1. The largest absolute Gasteiger partial charge is 0.436 e. The first-order valence-electron chi connectivity index (χ1n) is 3.67. The quantitative estimate of drug-likeness (QED) is 0.342. The van der Waals surface area contributed by atoms with Crippen LogP contribution in [0.5, 0.6) is 0 Å². The number of carbonyl (C=O) groups is 2. The normalized spacial score (nSPS) is 14.5. The molecule has 0 fully saturated rings. The summed E-state index contributed by atoms with van der Waals surface area (Å²) in [6.45, 7) is 2.47. The van der Waals surface area contributed by atoms with Crippen LogP contribution in [-0.4, -0.2) is 34.7 Å². The predicted molar refractivity (Wildman–Crippen MR) is 40.2 cm³/mol. The van der Waals surface area contributed by atoms with Crippen molar-refractivity contribution in [2.45, 2.75) is 32.8 Å². The second-order valence-corrected chi connectivity index (χ2v) is 2.36. The lowest BCUT2D eigenvalue weighted by Crippen LogP contribution is -2.21. The van der Waals surface area contributed by atoms with Crippen molar-refractivity contribution in [3.05, 3.63) is 0 Å². The fourth-order valence-corrected chi connectivity index (χ4v) is 0.582. The smallest absolute Gasteiger partial charge is 0.319 e. The van der Waals surface area contributed by atoms with Crippen molar-refractivity contribution in [2.24, 2.45) is 0 Å². The van der Waals surface area contributed by atoms with Gasteiger partial charge in [-0.1, -0.05) is 0 Å². The minimum absolute atomic E-state index is 0.629. The van der Waals surface area contributed by atoms with Gasteiger partial charge in [0, 0.05) is 0 Å². The molecule has 76 valence electrons. The highest BCUT2D eigenvalue weighted by Gasteiger charge is 2.15. The van der Waals surface area contributed by atoms with E-state index in [4.69, 9.17) is 10.2 Å². The summed E-state index contributed by atoms with van der Waals surface area (Å²) < 4.78 is 8.47. The monoisotopic (exact) mass is 192 g/mol. The summed E-state index contributed by atoms with van der Waals surface area (Å²) in [4.78, 5) is 21.4. The van der Waals surface area contributed by atoms with E-state index in [-0.39, 0.29) is 0 Å². The fourth-order valence-electron chi connectivity index (χ4n) is 0.582. The van der Waals surface area contributed by atoms with Crippen LogP contribution in [0, 0.1) is 0 Å². The molecule has 2 atom stereocenters. The molecule has 0 heterocycles. The molecular weight excluding hydrogens is 180 g/mol. The average Bonchev–Trinajstić information content (AvgIpc) is 1.80. The van der Waals surface area contributed by atoms with Crippen LogP contribution >= 0.6 is 0 Å². The third-order valence-electron chi connectivity index (χ3n) is 0.893. The molecular formula is C7H12O6. The van der Waals surface area contributed by atoms with Crippen LogP contribution < -0.4 is 0 Å². The first kappa shape index (κ1) is 11.9. The van der Waals surface area contributed by atoms with Crippen LogP contribution in [0.15, 0.2) is 0 Å². The highest BCUT2D eigenvalue weighted by Crippen LogP contribution is 1.95. The molecule has 0 aromatic rings. The second-order valence-electron chi connectivity index (χ2n) is 2.36. The Hall–Kier alpha value is -1.14. The molecule has 0 aliphatic heterocycles. The zero-order chi connectivity index (χ0) is 10.4. The summed E-state index contributed by atoms with van der Waals surface area (Å²) in [5.41, 5.74) is 0. The van der Waals surface area contributed by atoms with Gasteiger partial charge >= 0.3 is 11.9 Å². The number of esters is 2. The summed E-state index contributed by atoms with van der Waals surface area (Å²) in [5.74, 6) is -1.80. The first-order valence-corrected chi connectivity index (χ1v) is 3.67. The molecule has 0 bridgehead atoms. The minimum Gasteiger partial charge on any atom is -0.436 e. The SMILES string of the molecule is CC(O)OC(=O)CC(=O)OC(C)O. The van der Waals surface area contributed by atoms with E-state index in [1.165, 1.54) is 13.8 Å². The Bertz CT molecular complexity index is 165. The van der Waals surface area contributed by atoms with Gasteiger partial charge in [-0.25, -0.2) is 0 Å². The zero-order valence-electron chi connectivity index (χ0n) is 7.39. The Morgan fingerprint density at radius 1 is 1.08 bits per heavy atom. The highest BCUT2D eigenvalue weighted by molar-refractivity contribution is 5.91. The van der Waals surface area contributed by atoms with Gasteiger partial charge < -0.3 is 19.7 Å². The van der Waals surface area contributed by atoms with Gasteiger partial charge in [-0.3, -0.25) is 9.59 Å². The maximum atomic E-state index is 10.7. The first-order chi connectivity index (χ1) is 5.91. The van der Waals surface area contributed by atoms with E-state index < -0.39 is 30.9 Å². The van der Waals surface area contributed by atoms with Crippen molar-refractivity contribution in [1.29, 1.82) is 0 Å². The van der Waals surface area contributed by atoms with E-state index in [0.29, 0.717) is 0 Å². The van der Waals surface area contributed by atoms with Crippen LogP contribution in [0.1, 0.15) is 20.3 Å². The number of rotatable bonds is 4. The Labute approximate surface area is 75.1 Å². The molecule has 0 rings (SSSR count). The van der Waals surface area contributed by atoms with Gasteiger partial charge in [-0.05, 0) is 13.8 Å². The Morgan fingerprint density at radius 2 is 1.38 bits per heavy atom. The Morgan fingerprint density at radius 3 is 1.62 bits per heavy atom. The van der Waals surface area contributed by atoms with Crippen LogP contribution in [0.3, 0.4) is 0 Å². The standard InChI is InChI=1S/C7H12O6/c1-4(8)12-6(10)3-7(11)13-5(2)9/h4-5,8-9H,3H2,1-2H3. The Balaban J connectivity index is 3.72. The third kappa shape index (κ3) is 7.23. The molecule has 0 radical (unpaired) electrons. The number of hydrogen-bond donors (Lipinski definition) is 2. The summed E-state index contributed by atoms with van der Waals surface area (Å²) in [6.07, 6.45) is -3.14. The van der Waals surface area contributed by atoms with E-state index in [9.17, 15) is 9.59 Å². The number of aliphatic hydroxyl groups excluding tert-OH is 2. The van der Waals surface area contributed by atoms with Gasteiger partial charge in [-0.2, -0.15) is 0 Å². The van der Waals surface area contributed by atoms with Crippen molar-refractivity contribution in [3.63, 3.8) is 0 Å². The number of hydrogen-bond acceptors (Lipinski definition) is 6. The van der Waals surface area contributed by atoms with Crippen LogP contribution in [0.4, 0.5) is 0 Å². The molecule has 0 aromatic carbocycles. The van der Waals surface area contributed by atoms with Crippen LogP contribution in [0.25, 0.3) is 0 Å². The predicted octanol–water partition coefficient (Wildman–Crippen LogP) is -0.861. The molecule has 0 saturated carbocycles. The zero-order valence-corrected chi connectivity index (χ0v) is 7.39. The molecule has 0 amide bonds. The molecule has 6 nitrogen and oxygen atoms in total. The lowest BCUT2D eigenvalue weighted by atomic mass is 10.4. The maximum Gasteiger partial charge on any atom is 0.319 e. The molecule has 0 aliphatic rings. The molecule has 0 saturated heterocycles. The van der Waals surface area contributed by atoms with Crippen molar-refractivity contribution in [2.75, 3.05) is 0 Å². The Kier molecular flexibility index (Phi) is 5.01. The third-order valence-corrected chi connectivity index (χ3v) is 0.893. The molecule has 0 spiro atoms. The molecule has 2 unspecified atom stereocenters. The number of ether oxygens (including phenoxy) is 2. The summed E-state index contributed by atoms with van der Waals surface area (Å²) >= 11 is 0. The van der Waals surface area contributed by atoms with Gasteiger partial charge in [0.15, 0.2) is 12.6 Å². The fraction of sp³-hybridized carbons (Fsp3) is 0.714. The van der Waals surface area contributed by atoms with Crippen molar-refractivity contribution in [3.8, 4) is 0 Å². The van der Waals surface area contributed by atoms with E-state index in [2.05, 4.69) is 9.47 Å². The van der Waals surface area contributed by atoms with E-state index in [1.807, 2.05) is 0 Å². The summed E-state index contributed by atoms with van der Waals surface area (Å²) in [7, 11) is 0. The van der Waals surface area contributed by atoms with E-state index in [1.54, 1.807) is 0 Å². The molecule has 0 aliphatic carbocycles. The van der Waals surface area contributed by atoms with Gasteiger partial charge in [0.05, 0.1) is 0 Å². The summed E-state index contributed by atoms with van der Waals surface area (Å²) in [6, 6.07) is 0. The van der Waals surface area contributed by atoms with Gasteiger partial charge in [0.25, 0.3) is 0 Å². The van der Waals surface area contributed by atoms with E-state index in [0.717, 1.165) is 0 Å². The number of carbonyl (C=O) groups excluding carboxylic acids is 2. The van der Waals surface area contributed by atoms with Crippen molar-refractivity contribution in [1.82, 2.24) is 0 Å². The minimum atomic E-state index is -1.26.